The van der Waals surface area contributed by atoms with Gasteiger partial charge in [-0.15, -0.1) is 0 Å². The van der Waals surface area contributed by atoms with E-state index < -0.39 is 0 Å². The molecule has 10 aromatic rings. The van der Waals surface area contributed by atoms with Crippen molar-refractivity contribution in [3.63, 3.8) is 0 Å². The van der Waals surface area contributed by atoms with Gasteiger partial charge in [-0.1, -0.05) is 117 Å². The molecule has 0 atom stereocenters. The molecule has 12 rings (SSSR count). The highest BCUT2D eigenvalue weighted by molar-refractivity contribution is 6.13. The third kappa shape index (κ3) is 4.37. The first kappa shape index (κ1) is 31.1. The summed E-state index contributed by atoms with van der Waals surface area (Å²) in [5, 5.41) is 4.33. The van der Waals surface area contributed by atoms with Gasteiger partial charge in [-0.3, -0.25) is 0 Å². The molecule has 5 nitrogen and oxygen atoms in total. The number of benzene rings is 8. The van der Waals surface area contributed by atoms with Crippen molar-refractivity contribution >= 4 is 60.9 Å². The molecular weight excluding hydrogens is 691 g/mol. The van der Waals surface area contributed by atoms with Gasteiger partial charge in [0, 0.05) is 32.6 Å². The average Bonchev–Trinajstić information content (AvgIpc) is 3.88. The van der Waals surface area contributed by atoms with Crippen LogP contribution in [-0.4, -0.2) is 0 Å². The van der Waals surface area contributed by atoms with Crippen LogP contribution in [0, 0.1) is 0 Å². The number of nitrogens with zero attached hydrogens (tertiary/aromatic N) is 1. The molecule has 56 heavy (non-hydrogen) atoms. The van der Waals surface area contributed by atoms with Gasteiger partial charge >= 0.3 is 0 Å². The fourth-order valence-electron chi connectivity index (χ4n) is 9.08. The zero-order chi connectivity index (χ0) is 37.1. The van der Waals surface area contributed by atoms with Crippen molar-refractivity contribution in [2.24, 2.45) is 0 Å². The van der Waals surface area contributed by atoms with Gasteiger partial charge in [0.15, 0.2) is 28.6 Å². The lowest BCUT2D eigenvalue weighted by atomic mass is 9.82. The summed E-state index contributed by atoms with van der Waals surface area (Å²) in [5.41, 5.74) is 13.0. The number of hydrogen-bond donors (Lipinski definition) is 0. The van der Waals surface area contributed by atoms with Crippen molar-refractivity contribution in [1.82, 2.24) is 0 Å². The molecule has 0 spiro atoms. The number of hydrogen-bond acceptors (Lipinski definition) is 5. The molecule has 2 aliphatic rings. The predicted molar refractivity (Wildman–Crippen MR) is 225 cm³/mol. The molecule has 266 valence electrons. The summed E-state index contributed by atoms with van der Waals surface area (Å²) in [6, 6.07) is 56.8. The molecule has 0 N–H and O–H groups in total. The first-order chi connectivity index (χ1) is 27.5. The van der Waals surface area contributed by atoms with Crippen LogP contribution < -0.4 is 14.4 Å². The highest BCUT2D eigenvalue weighted by Crippen LogP contribution is 2.58. The third-order valence-corrected chi connectivity index (χ3v) is 11.7. The molecule has 1 aliphatic heterocycles. The van der Waals surface area contributed by atoms with E-state index in [1.165, 1.54) is 22.3 Å². The topological polar surface area (TPSA) is 48.0 Å². The van der Waals surface area contributed by atoms with Gasteiger partial charge in [0.25, 0.3) is 0 Å². The zero-order valence-electron chi connectivity index (χ0n) is 30.7. The van der Waals surface area contributed by atoms with E-state index in [9.17, 15) is 0 Å². The van der Waals surface area contributed by atoms with E-state index in [-0.39, 0.29) is 5.41 Å². The largest absolute Gasteiger partial charge is 0.456 e. The Morgan fingerprint density at radius 3 is 1.98 bits per heavy atom. The second-order valence-electron chi connectivity index (χ2n) is 15.2. The molecule has 5 heteroatoms. The van der Waals surface area contributed by atoms with Gasteiger partial charge in [0.05, 0.1) is 11.4 Å². The van der Waals surface area contributed by atoms with Crippen LogP contribution in [0.3, 0.4) is 0 Å². The summed E-state index contributed by atoms with van der Waals surface area (Å²) >= 11 is 0. The Bertz CT molecular complexity index is 3240. The number of fused-ring (bicyclic) bond motifs is 11. The van der Waals surface area contributed by atoms with E-state index in [1.54, 1.807) is 0 Å². The quantitative estimate of drug-likeness (QED) is 0.181. The fraction of sp³-hybridized carbons (Fsp3) is 0.0588. The van der Waals surface area contributed by atoms with E-state index in [4.69, 9.17) is 18.3 Å². The van der Waals surface area contributed by atoms with E-state index >= 15 is 0 Å². The molecule has 1 aliphatic carbocycles. The third-order valence-electron chi connectivity index (χ3n) is 11.7. The normalized spacial score (nSPS) is 13.6. The minimum absolute atomic E-state index is 0.179. The van der Waals surface area contributed by atoms with Crippen molar-refractivity contribution in [2.75, 3.05) is 4.90 Å². The smallest absolute Gasteiger partial charge is 0.194 e. The van der Waals surface area contributed by atoms with Crippen LogP contribution in [0.1, 0.15) is 25.0 Å². The highest BCUT2D eigenvalue weighted by atomic mass is 16.6. The molecule has 0 saturated carbocycles. The van der Waals surface area contributed by atoms with Crippen molar-refractivity contribution in [2.45, 2.75) is 19.3 Å². The number of ether oxygens (including phenoxy) is 2. The molecule has 0 radical (unpaired) electrons. The monoisotopic (exact) mass is 723 g/mol. The Hall–Kier alpha value is -7.24. The molecular formula is C51H33NO4. The van der Waals surface area contributed by atoms with Crippen LogP contribution >= 0.6 is 0 Å². The van der Waals surface area contributed by atoms with E-state index in [0.717, 1.165) is 72.1 Å². The van der Waals surface area contributed by atoms with Crippen molar-refractivity contribution in [3.05, 3.63) is 175 Å². The molecule has 0 unspecified atom stereocenters. The minimum Gasteiger partial charge on any atom is -0.456 e. The maximum absolute atomic E-state index is 6.99. The summed E-state index contributed by atoms with van der Waals surface area (Å²) in [5.74, 6) is 2.69. The summed E-state index contributed by atoms with van der Waals surface area (Å²) in [4.78, 5) is 2.22. The van der Waals surface area contributed by atoms with Gasteiger partial charge in [0.2, 0.25) is 0 Å². The molecule has 2 aromatic heterocycles. The number of furan rings is 2. The Morgan fingerprint density at radius 2 is 1.11 bits per heavy atom. The first-order valence-corrected chi connectivity index (χ1v) is 19.0. The number of anilines is 3. The Kier molecular flexibility index (Phi) is 6.33. The predicted octanol–water partition coefficient (Wildman–Crippen LogP) is 14.8. The van der Waals surface area contributed by atoms with Gasteiger partial charge in [0.1, 0.15) is 16.7 Å². The second-order valence-corrected chi connectivity index (χ2v) is 15.2. The lowest BCUT2D eigenvalue weighted by Gasteiger charge is -2.31. The summed E-state index contributed by atoms with van der Waals surface area (Å²) in [6.45, 7) is 4.56. The number of para-hydroxylation sites is 4. The maximum atomic E-state index is 6.99. The Labute approximate surface area is 322 Å². The molecule has 8 aromatic carbocycles. The summed E-state index contributed by atoms with van der Waals surface area (Å²) in [7, 11) is 0. The molecule has 0 saturated heterocycles. The van der Waals surface area contributed by atoms with Crippen LogP contribution in [0.15, 0.2) is 173 Å². The molecule has 0 bridgehead atoms. The lowest BCUT2D eigenvalue weighted by molar-refractivity contribution is 0.360. The SMILES string of the molecule is CC1(C)c2ccccc2-c2cc3c(cc21)Oc1c(cccc1N(c1ccc(-c2cccc4oc5ccccc5c24)cc1)c1cccc2c1oc1ccccc12)O3. The van der Waals surface area contributed by atoms with Crippen molar-refractivity contribution in [3.8, 4) is 45.3 Å². The van der Waals surface area contributed by atoms with E-state index in [2.05, 4.69) is 140 Å². The molecule has 0 fully saturated rings. The Balaban J connectivity index is 1.03. The Morgan fingerprint density at radius 1 is 0.446 bits per heavy atom. The van der Waals surface area contributed by atoms with E-state index in [1.807, 2.05) is 42.5 Å². The molecule has 0 amide bonds. The van der Waals surface area contributed by atoms with Crippen molar-refractivity contribution < 1.29 is 18.3 Å². The van der Waals surface area contributed by atoms with Gasteiger partial charge in [-0.25, -0.2) is 0 Å². The lowest BCUT2D eigenvalue weighted by Crippen LogP contribution is -2.15. The second kappa shape index (κ2) is 11.4. The van der Waals surface area contributed by atoms with Crippen molar-refractivity contribution in [1.29, 1.82) is 0 Å². The van der Waals surface area contributed by atoms with Crippen LogP contribution in [0.5, 0.6) is 23.0 Å². The van der Waals surface area contributed by atoms with Gasteiger partial charge in [-0.2, -0.15) is 0 Å². The molecule has 3 heterocycles. The summed E-state index contributed by atoms with van der Waals surface area (Å²) in [6.07, 6.45) is 0. The minimum atomic E-state index is -0.179. The van der Waals surface area contributed by atoms with Gasteiger partial charge < -0.3 is 23.2 Å². The van der Waals surface area contributed by atoms with Gasteiger partial charge in [-0.05, 0) is 94.0 Å². The van der Waals surface area contributed by atoms with Crippen LogP contribution in [0.2, 0.25) is 0 Å². The highest BCUT2D eigenvalue weighted by Gasteiger charge is 2.38. The summed E-state index contributed by atoms with van der Waals surface area (Å²) < 4.78 is 26.6. The standard InChI is InChI=1S/C51H33NO4/c1-51(2)38-17-6-3-12-33(38)37-28-46-47(29-39(37)51)56-50-41(19-11-23-45(50)54-46)52(40-18-9-16-35-34-13-4-7-20-42(34)55-49(35)40)31-26-24-30(25-27-31)32-15-10-22-44-48(32)36-14-5-8-21-43(36)53-44/h3-29H,1-2H3. The van der Waals surface area contributed by atoms with E-state index in [0.29, 0.717) is 23.0 Å². The van der Waals surface area contributed by atoms with Crippen LogP contribution in [0.25, 0.3) is 66.1 Å². The first-order valence-electron chi connectivity index (χ1n) is 19.0. The van der Waals surface area contributed by atoms with Crippen LogP contribution in [-0.2, 0) is 5.41 Å². The maximum Gasteiger partial charge on any atom is 0.194 e. The van der Waals surface area contributed by atoms with Crippen LogP contribution in [0.4, 0.5) is 17.1 Å². The average molecular weight is 724 g/mol. The fourth-order valence-corrected chi connectivity index (χ4v) is 9.08. The number of rotatable bonds is 4. The zero-order valence-corrected chi connectivity index (χ0v) is 30.7.